The Labute approximate surface area is 207 Å². The molecular formula is C24H30BrN5O4. The Morgan fingerprint density at radius 3 is 2.74 bits per heavy atom. The molecule has 0 aliphatic carbocycles. The molecule has 2 amide bonds. The molecule has 2 heterocycles. The van der Waals surface area contributed by atoms with Crippen molar-refractivity contribution >= 4 is 45.1 Å². The second-order valence-electron chi connectivity index (χ2n) is 9.21. The summed E-state index contributed by atoms with van der Waals surface area (Å²) in [6, 6.07) is 5.48. The Morgan fingerprint density at radius 2 is 2.06 bits per heavy atom. The summed E-state index contributed by atoms with van der Waals surface area (Å²) in [4.78, 5) is 43.1. The largest absolute Gasteiger partial charge is 0.444 e. The number of likely N-dealkylation sites (tertiary alicyclic amines) is 1. The Balaban J connectivity index is 1.90. The standard InChI is InChI=1S/C24H30BrN5O4/c1-6-20(31)27-18-12-16(26-21-22(32)29(5)14-19(25)28-21)9-10-17(18)15-8-7-11-30(13-15)23(33)34-24(2,3)4/h6,9-10,12,14-15H,1,7-8,11,13H2,2-5H3,(H,26,28)(H,27,31). The van der Waals surface area contributed by atoms with Gasteiger partial charge in [0.15, 0.2) is 5.82 Å². The zero-order valence-electron chi connectivity index (χ0n) is 19.9. The second-order valence-corrected chi connectivity index (χ2v) is 10.0. The molecule has 0 spiro atoms. The van der Waals surface area contributed by atoms with E-state index in [1.54, 1.807) is 24.2 Å². The van der Waals surface area contributed by atoms with Crippen molar-refractivity contribution in [1.29, 1.82) is 0 Å². The van der Waals surface area contributed by atoms with Crippen molar-refractivity contribution in [3.05, 3.63) is 57.6 Å². The third kappa shape index (κ3) is 6.47. The van der Waals surface area contributed by atoms with Crippen LogP contribution in [-0.2, 0) is 16.6 Å². The Kier molecular flexibility index (Phi) is 7.81. The Morgan fingerprint density at radius 1 is 1.32 bits per heavy atom. The summed E-state index contributed by atoms with van der Waals surface area (Å²) in [5, 5.41) is 5.89. The molecule has 0 saturated carbocycles. The summed E-state index contributed by atoms with van der Waals surface area (Å²) in [5.41, 5.74) is 1.20. The fourth-order valence-corrected chi connectivity index (χ4v) is 4.28. The normalized spacial score (nSPS) is 16.0. The summed E-state index contributed by atoms with van der Waals surface area (Å²) < 4.78 is 7.47. The fourth-order valence-electron chi connectivity index (χ4n) is 3.79. The Bertz CT molecular complexity index is 1160. The van der Waals surface area contributed by atoms with Crippen LogP contribution in [0.15, 0.2) is 46.4 Å². The van der Waals surface area contributed by atoms with E-state index in [1.165, 1.54) is 10.6 Å². The van der Waals surface area contributed by atoms with E-state index in [4.69, 9.17) is 4.74 Å². The van der Waals surface area contributed by atoms with Crippen LogP contribution in [0.1, 0.15) is 45.1 Å². The van der Waals surface area contributed by atoms with E-state index >= 15 is 0 Å². The van der Waals surface area contributed by atoms with E-state index in [0.717, 1.165) is 18.4 Å². The molecule has 1 aromatic heterocycles. The number of ether oxygens (including phenoxy) is 1. The van der Waals surface area contributed by atoms with Crippen molar-refractivity contribution in [2.45, 2.75) is 45.1 Å². The molecular weight excluding hydrogens is 502 g/mol. The third-order valence-electron chi connectivity index (χ3n) is 5.31. The van der Waals surface area contributed by atoms with Gasteiger partial charge in [-0.05, 0) is 73.3 Å². The first-order chi connectivity index (χ1) is 16.0. The smallest absolute Gasteiger partial charge is 0.410 e. The zero-order chi connectivity index (χ0) is 25.0. The monoisotopic (exact) mass is 531 g/mol. The SMILES string of the molecule is C=CC(=O)Nc1cc(Nc2nc(Br)cn(C)c2=O)ccc1C1CCCN(C(=O)OC(C)(C)C)C1. The van der Waals surface area contributed by atoms with Crippen LogP contribution in [0.4, 0.5) is 22.0 Å². The molecule has 182 valence electrons. The molecule has 0 radical (unpaired) electrons. The highest BCUT2D eigenvalue weighted by Crippen LogP contribution is 2.34. The molecule has 9 nitrogen and oxygen atoms in total. The van der Waals surface area contributed by atoms with Crippen molar-refractivity contribution in [3.8, 4) is 0 Å². The number of amides is 2. The average molecular weight is 532 g/mol. The average Bonchev–Trinajstić information content (AvgIpc) is 2.76. The van der Waals surface area contributed by atoms with E-state index in [9.17, 15) is 14.4 Å². The van der Waals surface area contributed by atoms with Gasteiger partial charge in [0.2, 0.25) is 5.91 Å². The molecule has 1 atom stereocenters. The number of aryl methyl sites for hydroxylation is 1. The highest BCUT2D eigenvalue weighted by molar-refractivity contribution is 9.10. The van der Waals surface area contributed by atoms with Crippen LogP contribution >= 0.6 is 15.9 Å². The van der Waals surface area contributed by atoms with Gasteiger partial charge in [-0.15, -0.1) is 0 Å². The maximum atomic E-state index is 12.6. The quantitative estimate of drug-likeness (QED) is 0.549. The van der Waals surface area contributed by atoms with Crippen molar-refractivity contribution in [2.24, 2.45) is 7.05 Å². The molecule has 1 unspecified atom stereocenters. The van der Waals surface area contributed by atoms with Crippen molar-refractivity contribution in [3.63, 3.8) is 0 Å². The minimum atomic E-state index is -0.571. The molecule has 2 aromatic rings. The maximum Gasteiger partial charge on any atom is 0.410 e. The molecule has 2 N–H and O–H groups in total. The van der Waals surface area contributed by atoms with E-state index in [1.807, 2.05) is 32.9 Å². The van der Waals surface area contributed by atoms with Gasteiger partial charge in [-0.3, -0.25) is 9.59 Å². The molecule has 34 heavy (non-hydrogen) atoms. The summed E-state index contributed by atoms with van der Waals surface area (Å²) in [7, 11) is 1.64. The topological polar surface area (TPSA) is 106 Å². The molecule has 1 fully saturated rings. The first kappa shape index (κ1) is 25.5. The van der Waals surface area contributed by atoms with Crippen LogP contribution in [0.5, 0.6) is 0 Å². The number of anilines is 3. The van der Waals surface area contributed by atoms with Gasteiger partial charge in [0, 0.05) is 43.6 Å². The Hall–Kier alpha value is -3.14. The summed E-state index contributed by atoms with van der Waals surface area (Å²) in [6.07, 6.45) is 4.10. The van der Waals surface area contributed by atoms with Crippen LogP contribution in [0.2, 0.25) is 0 Å². The molecule has 1 aromatic carbocycles. The maximum absolute atomic E-state index is 12.6. The molecule has 1 aliphatic heterocycles. The van der Waals surface area contributed by atoms with Gasteiger partial charge in [-0.2, -0.15) is 0 Å². The van der Waals surface area contributed by atoms with Gasteiger partial charge >= 0.3 is 6.09 Å². The molecule has 10 heteroatoms. The zero-order valence-corrected chi connectivity index (χ0v) is 21.4. The number of piperidine rings is 1. The predicted octanol–water partition coefficient (Wildman–Crippen LogP) is 4.53. The van der Waals surface area contributed by atoms with Crippen molar-refractivity contribution < 1.29 is 14.3 Å². The highest BCUT2D eigenvalue weighted by atomic mass is 79.9. The number of carbonyl (C=O) groups is 2. The van der Waals surface area contributed by atoms with Crippen LogP contribution in [0.25, 0.3) is 0 Å². The third-order valence-corrected chi connectivity index (χ3v) is 5.70. The number of rotatable bonds is 5. The van der Waals surface area contributed by atoms with Gasteiger partial charge in [-0.1, -0.05) is 12.6 Å². The van der Waals surface area contributed by atoms with Crippen LogP contribution in [0, 0.1) is 0 Å². The number of aromatic nitrogens is 2. The lowest BCUT2D eigenvalue weighted by atomic mass is 9.89. The van der Waals surface area contributed by atoms with Gasteiger partial charge in [0.05, 0.1) is 0 Å². The van der Waals surface area contributed by atoms with E-state index in [0.29, 0.717) is 29.1 Å². The van der Waals surface area contributed by atoms with Crippen molar-refractivity contribution in [1.82, 2.24) is 14.5 Å². The van der Waals surface area contributed by atoms with E-state index < -0.39 is 5.60 Å². The van der Waals surface area contributed by atoms with E-state index in [2.05, 4.69) is 38.1 Å². The lowest BCUT2D eigenvalue weighted by Crippen LogP contribution is -2.42. The minimum Gasteiger partial charge on any atom is -0.444 e. The lowest BCUT2D eigenvalue weighted by molar-refractivity contribution is -0.111. The van der Waals surface area contributed by atoms with Gasteiger partial charge < -0.3 is 24.8 Å². The number of nitrogens with zero attached hydrogens (tertiary/aromatic N) is 3. The van der Waals surface area contributed by atoms with Crippen molar-refractivity contribution in [2.75, 3.05) is 23.7 Å². The number of hydrogen-bond acceptors (Lipinski definition) is 6. The molecule has 1 saturated heterocycles. The van der Waals surface area contributed by atoms with Crippen LogP contribution < -0.4 is 16.2 Å². The second kappa shape index (κ2) is 10.4. The summed E-state index contributed by atoms with van der Waals surface area (Å²) in [5.74, 6) is -0.193. The van der Waals surface area contributed by atoms with E-state index in [-0.39, 0.29) is 29.3 Å². The summed E-state index contributed by atoms with van der Waals surface area (Å²) in [6.45, 7) is 10.2. The number of carbonyl (C=O) groups excluding carboxylic acids is 2. The minimum absolute atomic E-state index is 0.00676. The predicted molar refractivity (Wildman–Crippen MR) is 136 cm³/mol. The molecule has 1 aliphatic rings. The number of hydrogen-bond donors (Lipinski definition) is 2. The number of nitrogens with one attached hydrogen (secondary N) is 2. The summed E-state index contributed by atoms with van der Waals surface area (Å²) >= 11 is 3.29. The van der Waals surface area contributed by atoms with Gasteiger partial charge in [0.25, 0.3) is 5.56 Å². The number of halogens is 1. The highest BCUT2D eigenvalue weighted by Gasteiger charge is 2.29. The molecule has 0 bridgehead atoms. The fraction of sp³-hybridized carbons (Fsp3) is 0.417. The van der Waals surface area contributed by atoms with Gasteiger partial charge in [0.1, 0.15) is 10.2 Å². The van der Waals surface area contributed by atoms with Gasteiger partial charge in [-0.25, -0.2) is 9.78 Å². The first-order valence-corrected chi connectivity index (χ1v) is 11.8. The van der Waals surface area contributed by atoms with Crippen LogP contribution in [-0.4, -0.2) is 45.1 Å². The lowest BCUT2D eigenvalue weighted by Gasteiger charge is -2.35. The first-order valence-electron chi connectivity index (χ1n) is 11.0. The number of benzene rings is 1. The molecule has 3 rings (SSSR count). The van der Waals surface area contributed by atoms with Crippen LogP contribution in [0.3, 0.4) is 0 Å².